The van der Waals surface area contributed by atoms with Crippen LogP contribution in [0, 0.1) is 0 Å². The third-order valence-electron chi connectivity index (χ3n) is 3.82. The highest BCUT2D eigenvalue weighted by Crippen LogP contribution is 2.33. The van der Waals surface area contributed by atoms with Gasteiger partial charge < -0.3 is 19.9 Å². The van der Waals surface area contributed by atoms with E-state index in [2.05, 4.69) is 0 Å². The third kappa shape index (κ3) is 4.62. The number of unbranched alkanes of at least 4 members (excludes halogenated alkanes) is 1. The van der Waals surface area contributed by atoms with Crippen LogP contribution in [-0.2, 0) is 17.9 Å². The summed E-state index contributed by atoms with van der Waals surface area (Å²) in [6.07, 6.45) is 2.48. The van der Waals surface area contributed by atoms with Crippen molar-refractivity contribution in [2.45, 2.75) is 25.9 Å². The predicted octanol–water partition coefficient (Wildman–Crippen LogP) is 3.18. The smallest absolute Gasteiger partial charge is 0.283 e. The molecule has 1 aromatic heterocycles. The SMILES string of the molecule is CON(Cc1ccc(Cl)c(Cl)c1)C(=O)c1cn(CCCCO)c(O)c1O. The van der Waals surface area contributed by atoms with Crippen LogP contribution in [0.3, 0.4) is 0 Å². The molecule has 0 aliphatic heterocycles. The first-order valence-electron chi connectivity index (χ1n) is 7.90. The van der Waals surface area contributed by atoms with E-state index in [1.807, 2.05) is 0 Å². The van der Waals surface area contributed by atoms with E-state index in [0.717, 1.165) is 5.06 Å². The van der Waals surface area contributed by atoms with E-state index >= 15 is 0 Å². The molecule has 1 aromatic carbocycles. The van der Waals surface area contributed by atoms with Crippen LogP contribution in [0.2, 0.25) is 10.0 Å². The normalized spacial score (nSPS) is 10.9. The molecule has 0 atom stereocenters. The minimum atomic E-state index is -0.618. The number of carbonyl (C=O) groups excluding carboxylic acids is 1. The molecule has 0 saturated carbocycles. The molecule has 0 aliphatic carbocycles. The van der Waals surface area contributed by atoms with Crippen LogP contribution in [0.5, 0.6) is 11.6 Å². The molecule has 2 rings (SSSR count). The van der Waals surface area contributed by atoms with E-state index in [9.17, 15) is 15.0 Å². The van der Waals surface area contributed by atoms with Crippen molar-refractivity contribution >= 4 is 29.1 Å². The molecule has 7 nitrogen and oxygen atoms in total. The van der Waals surface area contributed by atoms with Gasteiger partial charge in [-0.05, 0) is 30.5 Å². The van der Waals surface area contributed by atoms with Gasteiger partial charge in [-0.25, -0.2) is 5.06 Å². The van der Waals surface area contributed by atoms with Crippen molar-refractivity contribution in [2.24, 2.45) is 0 Å². The van der Waals surface area contributed by atoms with Gasteiger partial charge in [0.25, 0.3) is 5.91 Å². The van der Waals surface area contributed by atoms with Crippen molar-refractivity contribution in [3.63, 3.8) is 0 Å². The molecule has 142 valence electrons. The number of carbonyl (C=O) groups is 1. The van der Waals surface area contributed by atoms with E-state index in [-0.39, 0.29) is 18.7 Å². The molecule has 9 heteroatoms. The van der Waals surface area contributed by atoms with Crippen LogP contribution < -0.4 is 0 Å². The zero-order valence-corrected chi connectivity index (χ0v) is 15.7. The van der Waals surface area contributed by atoms with Gasteiger partial charge in [-0.2, -0.15) is 0 Å². The van der Waals surface area contributed by atoms with Gasteiger partial charge in [0.2, 0.25) is 5.88 Å². The van der Waals surface area contributed by atoms with Crippen LogP contribution >= 0.6 is 23.2 Å². The van der Waals surface area contributed by atoms with Gasteiger partial charge in [0.1, 0.15) is 5.56 Å². The maximum atomic E-state index is 12.7. The third-order valence-corrected chi connectivity index (χ3v) is 4.56. The standard InChI is InChI=1S/C17H20Cl2N2O5/c1-26-21(9-11-4-5-13(18)14(19)8-11)16(24)12-10-20(6-2-3-7-22)17(25)15(12)23/h4-5,8,10,22-23,25H,2-3,6-7,9H2,1H3. The van der Waals surface area contributed by atoms with Gasteiger partial charge in [-0.3, -0.25) is 9.63 Å². The first kappa shape index (κ1) is 20.4. The summed E-state index contributed by atoms with van der Waals surface area (Å²) in [5, 5.41) is 30.7. The minimum Gasteiger partial charge on any atom is -0.503 e. The second-order valence-electron chi connectivity index (χ2n) is 5.61. The number of aryl methyl sites for hydroxylation is 1. The molecule has 0 saturated heterocycles. The molecule has 0 unspecified atom stereocenters. The summed E-state index contributed by atoms with van der Waals surface area (Å²) in [6, 6.07) is 4.92. The molecular formula is C17H20Cl2N2O5. The van der Waals surface area contributed by atoms with Crippen LogP contribution in [-0.4, -0.2) is 44.6 Å². The number of amides is 1. The fourth-order valence-electron chi connectivity index (χ4n) is 2.41. The van der Waals surface area contributed by atoms with E-state index in [4.69, 9.17) is 33.1 Å². The maximum Gasteiger partial charge on any atom is 0.283 e. The quantitative estimate of drug-likeness (QED) is 0.465. The van der Waals surface area contributed by atoms with E-state index in [1.165, 1.54) is 17.9 Å². The monoisotopic (exact) mass is 402 g/mol. The van der Waals surface area contributed by atoms with Crippen molar-refractivity contribution in [3.05, 3.63) is 45.6 Å². The van der Waals surface area contributed by atoms with E-state index in [1.54, 1.807) is 18.2 Å². The molecule has 2 aromatic rings. The molecule has 3 N–H and O–H groups in total. The number of hydrogen-bond acceptors (Lipinski definition) is 5. The predicted molar refractivity (Wildman–Crippen MR) is 97.4 cm³/mol. The van der Waals surface area contributed by atoms with Gasteiger partial charge in [0, 0.05) is 19.3 Å². The number of nitrogens with zero attached hydrogens (tertiary/aromatic N) is 2. The number of benzene rings is 1. The first-order valence-corrected chi connectivity index (χ1v) is 8.66. The van der Waals surface area contributed by atoms with Crippen LogP contribution in [0.1, 0.15) is 28.8 Å². The van der Waals surface area contributed by atoms with Gasteiger partial charge in [-0.15, -0.1) is 0 Å². The van der Waals surface area contributed by atoms with Gasteiger partial charge in [-0.1, -0.05) is 29.3 Å². The largest absolute Gasteiger partial charge is 0.503 e. The Hall–Kier alpha value is -1.93. The Morgan fingerprint density at radius 1 is 1.23 bits per heavy atom. The number of hydroxylamine groups is 2. The summed E-state index contributed by atoms with van der Waals surface area (Å²) in [5.41, 5.74) is 0.592. The lowest BCUT2D eigenvalue weighted by Gasteiger charge is -2.19. The Bertz CT molecular complexity index is 779. The summed E-state index contributed by atoms with van der Waals surface area (Å²) in [4.78, 5) is 17.8. The van der Waals surface area contributed by atoms with Crippen molar-refractivity contribution in [2.75, 3.05) is 13.7 Å². The van der Waals surface area contributed by atoms with Gasteiger partial charge >= 0.3 is 0 Å². The number of aromatic nitrogens is 1. The summed E-state index contributed by atoms with van der Waals surface area (Å²) < 4.78 is 1.35. The fourth-order valence-corrected chi connectivity index (χ4v) is 2.73. The van der Waals surface area contributed by atoms with Crippen molar-refractivity contribution in [3.8, 4) is 11.6 Å². The Morgan fingerprint density at radius 3 is 2.58 bits per heavy atom. The lowest BCUT2D eigenvalue weighted by atomic mass is 10.2. The first-order chi connectivity index (χ1) is 12.4. The molecule has 0 spiro atoms. The zero-order valence-electron chi connectivity index (χ0n) is 14.2. The Labute approximate surface area is 160 Å². The molecule has 0 radical (unpaired) electrons. The number of aliphatic hydroxyl groups excluding tert-OH is 1. The average Bonchev–Trinajstić information content (AvgIpc) is 2.91. The van der Waals surface area contributed by atoms with E-state index in [0.29, 0.717) is 35.0 Å². The lowest BCUT2D eigenvalue weighted by Crippen LogP contribution is -2.29. The topological polar surface area (TPSA) is 95.2 Å². The molecule has 0 aliphatic rings. The summed E-state index contributed by atoms with van der Waals surface area (Å²) >= 11 is 11.9. The fraction of sp³-hybridized carbons (Fsp3) is 0.353. The second kappa shape index (κ2) is 9.14. The number of aromatic hydroxyl groups is 2. The van der Waals surface area contributed by atoms with Crippen molar-refractivity contribution in [1.82, 2.24) is 9.63 Å². The second-order valence-corrected chi connectivity index (χ2v) is 6.43. The Kier molecular flexibility index (Phi) is 7.16. The number of rotatable bonds is 8. The Balaban J connectivity index is 2.19. The summed E-state index contributed by atoms with van der Waals surface area (Å²) in [6.45, 7) is 0.454. The minimum absolute atomic E-state index is 0.0287. The summed E-state index contributed by atoms with van der Waals surface area (Å²) in [5.74, 6) is -1.54. The highest BCUT2D eigenvalue weighted by molar-refractivity contribution is 6.42. The molecule has 26 heavy (non-hydrogen) atoms. The van der Waals surface area contributed by atoms with Crippen LogP contribution in [0.25, 0.3) is 0 Å². The van der Waals surface area contributed by atoms with Crippen molar-refractivity contribution < 1.29 is 25.0 Å². The zero-order chi connectivity index (χ0) is 19.3. The number of aliphatic hydroxyl groups is 1. The highest BCUT2D eigenvalue weighted by atomic mass is 35.5. The lowest BCUT2D eigenvalue weighted by molar-refractivity contribution is -0.102. The summed E-state index contributed by atoms with van der Waals surface area (Å²) in [7, 11) is 1.32. The van der Waals surface area contributed by atoms with Crippen molar-refractivity contribution in [1.29, 1.82) is 0 Å². The van der Waals surface area contributed by atoms with E-state index < -0.39 is 17.5 Å². The van der Waals surface area contributed by atoms with Gasteiger partial charge in [0.15, 0.2) is 5.75 Å². The average molecular weight is 403 g/mol. The van der Waals surface area contributed by atoms with Gasteiger partial charge in [0.05, 0.1) is 23.7 Å². The maximum absolute atomic E-state index is 12.7. The van der Waals surface area contributed by atoms with Crippen LogP contribution in [0.15, 0.2) is 24.4 Å². The molecule has 0 fully saturated rings. The molecular weight excluding hydrogens is 383 g/mol. The number of hydrogen-bond donors (Lipinski definition) is 3. The van der Waals surface area contributed by atoms with Crippen LogP contribution in [0.4, 0.5) is 0 Å². The number of halogens is 2. The molecule has 1 amide bonds. The highest BCUT2D eigenvalue weighted by Gasteiger charge is 2.25. The molecule has 0 bridgehead atoms. The molecule has 1 heterocycles. The Morgan fingerprint density at radius 2 is 1.96 bits per heavy atom.